The number of hydrogen-bond acceptors (Lipinski definition) is 8. The van der Waals surface area contributed by atoms with Crippen LogP contribution in [0.4, 0.5) is 16.5 Å². The summed E-state index contributed by atoms with van der Waals surface area (Å²) >= 11 is 2.36. The second-order valence-electron chi connectivity index (χ2n) is 5.72. The van der Waals surface area contributed by atoms with Crippen LogP contribution in [0.2, 0.25) is 0 Å². The number of aromatic nitrogens is 2. The lowest BCUT2D eigenvalue weighted by Gasteiger charge is -2.03. The van der Waals surface area contributed by atoms with Crippen molar-refractivity contribution in [1.29, 1.82) is 0 Å². The quantitative estimate of drug-likeness (QED) is 0.243. The van der Waals surface area contributed by atoms with Gasteiger partial charge in [-0.25, -0.2) is 0 Å². The molecule has 0 unspecified atom stereocenters. The molecule has 2 N–H and O–H groups in total. The summed E-state index contributed by atoms with van der Waals surface area (Å²) in [7, 11) is 0. The number of nitro benzene ring substituents is 1. The van der Waals surface area contributed by atoms with Crippen molar-refractivity contribution < 1.29 is 14.5 Å². The minimum atomic E-state index is -0.507. The molecule has 0 saturated heterocycles. The predicted molar refractivity (Wildman–Crippen MR) is 111 cm³/mol. The van der Waals surface area contributed by atoms with Crippen molar-refractivity contribution in [3.63, 3.8) is 0 Å². The van der Waals surface area contributed by atoms with E-state index in [1.54, 1.807) is 0 Å². The normalized spacial score (nSPS) is 10.3. The Labute approximate surface area is 173 Å². The lowest BCUT2D eigenvalue weighted by Crippen LogP contribution is -2.14. The Morgan fingerprint density at radius 1 is 1.00 bits per heavy atom. The molecule has 1 heterocycles. The van der Waals surface area contributed by atoms with E-state index in [4.69, 9.17) is 0 Å². The maximum absolute atomic E-state index is 12.0. The van der Waals surface area contributed by atoms with Crippen LogP contribution in [-0.2, 0) is 16.0 Å². The van der Waals surface area contributed by atoms with E-state index in [1.807, 2.05) is 30.3 Å². The van der Waals surface area contributed by atoms with E-state index in [2.05, 4.69) is 20.8 Å². The summed E-state index contributed by atoms with van der Waals surface area (Å²) in [5.74, 6) is -0.391. The SMILES string of the molecule is O=C(CSc1nnc(NC(=O)Cc2ccccc2)s1)Nc1ccc([N+](=O)[O-])cc1. The third-order valence-corrected chi connectivity index (χ3v) is 5.52. The number of nitrogens with one attached hydrogen (secondary N) is 2. The Morgan fingerprint density at radius 3 is 2.41 bits per heavy atom. The smallest absolute Gasteiger partial charge is 0.269 e. The molecule has 0 bridgehead atoms. The van der Waals surface area contributed by atoms with Gasteiger partial charge in [-0.05, 0) is 17.7 Å². The molecular weight excluding hydrogens is 414 g/mol. The van der Waals surface area contributed by atoms with Crippen LogP contribution in [0, 0.1) is 10.1 Å². The van der Waals surface area contributed by atoms with E-state index in [0.29, 0.717) is 15.2 Å². The van der Waals surface area contributed by atoms with E-state index < -0.39 is 4.92 Å². The van der Waals surface area contributed by atoms with Crippen molar-refractivity contribution in [3.8, 4) is 0 Å². The van der Waals surface area contributed by atoms with Crippen LogP contribution in [0.15, 0.2) is 58.9 Å². The molecule has 3 rings (SSSR count). The highest BCUT2D eigenvalue weighted by molar-refractivity contribution is 8.01. The molecule has 0 radical (unpaired) electrons. The summed E-state index contributed by atoms with van der Waals surface area (Å²) in [5.41, 5.74) is 1.31. The standard InChI is InChI=1S/C18H15N5O4S2/c24-15(10-12-4-2-1-3-5-12)20-17-21-22-18(29-17)28-11-16(25)19-13-6-8-14(9-7-13)23(26)27/h1-9H,10-11H2,(H,19,25)(H,20,21,24). The van der Waals surface area contributed by atoms with E-state index in [-0.39, 0.29) is 29.7 Å². The van der Waals surface area contributed by atoms with Gasteiger partial charge in [-0.1, -0.05) is 53.4 Å². The Kier molecular flexibility index (Phi) is 6.87. The van der Waals surface area contributed by atoms with Crippen molar-refractivity contribution in [2.75, 3.05) is 16.4 Å². The largest absolute Gasteiger partial charge is 0.325 e. The first kappa shape index (κ1) is 20.4. The van der Waals surface area contributed by atoms with Gasteiger partial charge in [0.1, 0.15) is 0 Å². The fourth-order valence-electron chi connectivity index (χ4n) is 2.25. The van der Waals surface area contributed by atoms with Gasteiger partial charge in [-0.15, -0.1) is 10.2 Å². The first-order chi connectivity index (χ1) is 14.0. The molecule has 3 aromatic rings. The van der Waals surface area contributed by atoms with E-state index in [0.717, 1.165) is 5.56 Å². The summed E-state index contributed by atoms with van der Waals surface area (Å²) in [4.78, 5) is 34.2. The third-order valence-electron chi connectivity index (χ3n) is 3.55. The number of carbonyl (C=O) groups is 2. The van der Waals surface area contributed by atoms with Crippen LogP contribution in [0.3, 0.4) is 0 Å². The first-order valence-corrected chi connectivity index (χ1v) is 10.1. The van der Waals surface area contributed by atoms with Gasteiger partial charge in [0.2, 0.25) is 16.9 Å². The average molecular weight is 429 g/mol. The molecule has 0 aliphatic rings. The molecular formula is C18H15N5O4S2. The van der Waals surface area contributed by atoms with Crippen molar-refractivity contribution in [3.05, 3.63) is 70.3 Å². The molecule has 2 amide bonds. The monoisotopic (exact) mass is 429 g/mol. The Bertz CT molecular complexity index is 1010. The lowest BCUT2D eigenvalue weighted by atomic mass is 10.1. The highest BCUT2D eigenvalue weighted by atomic mass is 32.2. The molecule has 0 fully saturated rings. The highest BCUT2D eigenvalue weighted by Crippen LogP contribution is 2.26. The topological polar surface area (TPSA) is 127 Å². The molecule has 11 heteroatoms. The number of nitro groups is 1. The van der Waals surface area contributed by atoms with Gasteiger partial charge in [0.05, 0.1) is 17.1 Å². The van der Waals surface area contributed by atoms with E-state index >= 15 is 0 Å². The Balaban J connectivity index is 1.45. The molecule has 148 valence electrons. The van der Waals surface area contributed by atoms with Gasteiger partial charge in [0.15, 0.2) is 4.34 Å². The van der Waals surface area contributed by atoms with Crippen LogP contribution in [0.25, 0.3) is 0 Å². The number of amides is 2. The maximum Gasteiger partial charge on any atom is 0.269 e. The van der Waals surface area contributed by atoms with Crippen LogP contribution in [-0.4, -0.2) is 32.7 Å². The highest BCUT2D eigenvalue weighted by Gasteiger charge is 2.12. The number of thioether (sulfide) groups is 1. The maximum atomic E-state index is 12.0. The molecule has 0 saturated carbocycles. The van der Waals surface area contributed by atoms with Gasteiger partial charge in [-0.3, -0.25) is 19.7 Å². The number of hydrogen-bond donors (Lipinski definition) is 2. The zero-order valence-electron chi connectivity index (χ0n) is 14.9. The minimum Gasteiger partial charge on any atom is -0.325 e. The summed E-state index contributed by atoms with van der Waals surface area (Å²) in [6.45, 7) is 0. The average Bonchev–Trinajstić information content (AvgIpc) is 3.14. The van der Waals surface area contributed by atoms with Crippen LogP contribution >= 0.6 is 23.1 Å². The zero-order valence-corrected chi connectivity index (χ0v) is 16.5. The molecule has 0 aliphatic heterocycles. The van der Waals surface area contributed by atoms with Crippen LogP contribution in [0.5, 0.6) is 0 Å². The minimum absolute atomic E-state index is 0.0481. The van der Waals surface area contributed by atoms with Crippen molar-refractivity contribution in [2.24, 2.45) is 0 Å². The molecule has 29 heavy (non-hydrogen) atoms. The fraction of sp³-hybridized carbons (Fsp3) is 0.111. The first-order valence-electron chi connectivity index (χ1n) is 8.34. The summed E-state index contributed by atoms with van der Waals surface area (Å²) in [6.07, 6.45) is 0.237. The number of benzene rings is 2. The van der Waals surface area contributed by atoms with Gasteiger partial charge in [-0.2, -0.15) is 0 Å². The molecule has 0 aliphatic carbocycles. The second-order valence-corrected chi connectivity index (χ2v) is 7.92. The summed E-state index contributed by atoms with van der Waals surface area (Å²) in [5, 5.41) is 24.2. The number of anilines is 2. The molecule has 0 spiro atoms. The number of nitrogens with zero attached hydrogens (tertiary/aromatic N) is 3. The van der Waals surface area contributed by atoms with Crippen molar-refractivity contribution in [2.45, 2.75) is 10.8 Å². The number of carbonyl (C=O) groups excluding carboxylic acids is 2. The fourth-order valence-corrected chi connectivity index (χ4v) is 3.82. The van der Waals surface area contributed by atoms with Crippen LogP contribution in [0.1, 0.15) is 5.56 Å². The summed E-state index contributed by atoms with van der Waals surface area (Å²) < 4.78 is 0.541. The Hall–Kier alpha value is -3.31. The number of non-ortho nitro benzene ring substituents is 1. The van der Waals surface area contributed by atoms with Gasteiger partial charge < -0.3 is 10.6 Å². The molecule has 0 atom stereocenters. The number of rotatable bonds is 8. The third kappa shape index (κ3) is 6.36. The summed E-state index contributed by atoms with van der Waals surface area (Å²) in [6, 6.07) is 14.9. The molecule has 1 aromatic heterocycles. The lowest BCUT2D eigenvalue weighted by molar-refractivity contribution is -0.384. The second kappa shape index (κ2) is 9.75. The van der Waals surface area contributed by atoms with Gasteiger partial charge >= 0.3 is 0 Å². The molecule has 2 aromatic carbocycles. The van der Waals surface area contributed by atoms with Gasteiger partial charge in [0.25, 0.3) is 5.69 Å². The van der Waals surface area contributed by atoms with Gasteiger partial charge in [0, 0.05) is 17.8 Å². The Morgan fingerprint density at radius 2 is 1.72 bits per heavy atom. The zero-order chi connectivity index (χ0) is 20.6. The van der Waals surface area contributed by atoms with E-state index in [9.17, 15) is 19.7 Å². The van der Waals surface area contributed by atoms with Crippen molar-refractivity contribution >= 4 is 51.4 Å². The molecule has 9 nitrogen and oxygen atoms in total. The van der Waals surface area contributed by atoms with E-state index in [1.165, 1.54) is 47.4 Å². The van der Waals surface area contributed by atoms with Crippen molar-refractivity contribution in [1.82, 2.24) is 10.2 Å². The predicted octanol–water partition coefficient (Wildman–Crippen LogP) is 3.36. The van der Waals surface area contributed by atoms with Crippen LogP contribution < -0.4 is 10.6 Å².